The molecule has 0 bridgehead atoms. The largest absolute Gasteiger partial charge is 0.476 e. The first kappa shape index (κ1) is 15.3. The van der Waals surface area contributed by atoms with Gasteiger partial charge >= 0.3 is 5.97 Å². The van der Waals surface area contributed by atoms with Crippen LogP contribution in [0.3, 0.4) is 0 Å². The van der Waals surface area contributed by atoms with Gasteiger partial charge in [0.1, 0.15) is 5.82 Å². The third kappa shape index (κ3) is 4.79. The first-order valence-electron chi connectivity index (χ1n) is 5.91. The number of hydrogen-bond donors (Lipinski definition) is 2. The van der Waals surface area contributed by atoms with Crippen LogP contribution in [0.4, 0.5) is 5.69 Å². The van der Waals surface area contributed by atoms with Gasteiger partial charge in [0.05, 0.1) is 17.6 Å². The summed E-state index contributed by atoms with van der Waals surface area (Å²) in [5, 5.41) is 12.2. The molecule has 6 heteroatoms. The topological polar surface area (TPSA) is 75.1 Å². The molecular formula is C13H17N3O2S. The highest BCUT2D eigenvalue weighted by molar-refractivity contribution is 7.99. The van der Waals surface area contributed by atoms with Crippen LogP contribution < -0.4 is 5.32 Å². The molecule has 0 saturated carbocycles. The van der Waals surface area contributed by atoms with Gasteiger partial charge in [0.25, 0.3) is 0 Å². The lowest BCUT2D eigenvalue weighted by molar-refractivity contribution is 0.0691. The van der Waals surface area contributed by atoms with E-state index in [1.165, 1.54) is 6.20 Å². The fourth-order valence-electron chi connectivity index (χ4n) is 1.35. The normalized spacial score (nSPS) is 10.2. The molecule has 19 heavy (non-hydrogen) atoms. The Morgan fingerprint density at radius 1 is 1.63 bits per heavy atom. The fourth-order valence-corrected chi connectivity index (χ4v) is 1.86. The monoisotopic (exact) mass is 279 g/mol. The van der Waals surface area contributed by atoms with Crippen molar-refractivity contribution in [1.29, 1.82) is 0 Å². The SMILES string of the molecule is C#CCSCCNc1cnc(C(C)C)nc1C(=O)O. The van der Waals surface area contributed by atoms with Crippen molar-refractivity contribution in [2.75, 3.05) is 23.4 Å². The highest BCUT2D eigenvalue weighted by Gasteiger charge is 2.15. The number of nitrogens with zero attached hydrogens (tertiary/aromatic N) is 2. The number of anilines is 1. The van der Waals surface area contributed by atoms with Crippen LogP contribution in [0.2, 0.25) is 0 Å². The molecule has 1 aromatic heterocycles. The number of nitrogens with one attached hydrogen (secondary N) is 1. The Morgan fingerprint density at radius 2 is 2.37 bits per heavy atom. The highest BCUT2D eigenvalue weighted by atomic mass is 32.2. The Bertz CT molecular complexity index is 483. The summed E-state index contributed by atoms with van der Waals surface area (Å²) in [7, 11) is 0. The van der Waals surface area contributed by atoms with Crippen LogP contribution in [0.1, 0.15) is 36.1 Å². The smallest absolute Gasteiger partial charge is 0.356 e. The van der Waals surface area contributed by atoms with Crippen LogP contribution in [-0.2, 0) is 0 Å². The van der Waals surface area contributed by atoms with Crippen LogP contribution in [-0.4, -0.2) is 39.1 Å². The van der Waals surface area contributed by atoms with Crippen molar-refractivity contribution in [3.63, 3.8) is 0 Å². The molecule has 102 valence electrons. The van der Waals surface area contributed by atoms with Crippen molar-refractivity contribution in [2.45, 2.75) is 19.8 Å². The van der Waals surface area contributed by atoms with Gasteiger partial charge in [-0.2, -0.15) is 0 Å². The molecule has 0 aliphatic heterocycles. The average molecular weight is 279 g/mol. The zero-order valence-corrected chi connectivity index (χ0v) is 11.8. The number of carboxylic acid groups (broad SMARTS) is 1. The fraction of sp³-hybridized carbons (Fsp3) is 0.462. The van der Waals surface area contributed by atoms with Crippen LogP contribution in [0.25, 0.3) is 0 Å². The van der Waals surface area contributed by atoms with E-state index >= 15 is 0 Å². The number of aromatic carboxylic acids is 1. The standard InChI is InChI=1S/C13H17N3O2S/c1-4-6-19-7-5-14-10-8-15-12(9(2)3)16-11(10)13(17)18/h1,8-9,14H,5-7H2,2-3H3,(H,17,18). The van der Waals surface area contributed by atoms with Crippen molar-refractivity contribution in [3.8, 4) is 12.3 Å². The minimum Gasteiger partial charge on any atom is -0.476 e. The quantitative estimate of drug-likeness (QED) is 0.588. The maximum atomic E-state index is 11.2. The van der Waals surface area contributed by atoms with E-state index in [0.717, 1.165) is 5.75 Å². The van der Waals surface area contributed by atoms with E-state index in [1.807, 2.05) is 13.8 Å². The highest BCUT2D eigenvalue weighted by Crippen LogP contribution is 2.16. The molecule has 0 amide bonds. The van der Waals surface area contributed by atoms with E-state index in [4.69, 9.17) is 11.5 Å². The summed E-state index contributed by atoms with van der Waals surface area (Å²) in [5.74, 6) is 3.56. The molecule has 2 N–H and O–H groups in total. The molecule has 5 nitrogen and oxygen atoms in total. The van der Waals surface area contributed by atoms with Gasteiger partial charge in [0.2, 0.25) is 0 Å². The summed E-state index contributed by atoms with van der Waals surface area (Å²) in [6.07, 6.45) is 6.67. The van der Waals surface area contributed by atoms with Gasteiger partial charge in [-0.1, -0.05) is 19.8 Å². The second-order valence-electron chi connectivity index (χ2n) is 4.13. The van der Waals surface area contributed by atoms with Gasteiger partial charge in [-0.15, -0.1) is 18.2 Å². The zero-order valence-electron chi connectivity index (χ0n) is 11.0. The predicted molar refractivity (Wildman–Crippen MR) is 77.7 cm³/mol. The lowest BCUT2D eigenvalue weighted by atomic mass is 10.2. The minimum absolute atomic E-state index is 0.0145. The van der Waals surface area contributed by atoms with Crippen molar-refractivity contribution >= 4 is 23.4 Å². The third-order valence-electron chi connectivity index (χ3n) is 2.27. The molecule has 0 fully saturated rings. The van der Waals surface area contributed by atoms with Gasteiger partial charge < -0.3 is 10.4 Å². The molecule has 0 unspecified atom stereocenters. The van der Waals surface area contributed by atoms with Gasteiger partial charge in [-0.05, 0) is 0 Å². The number of hydrogen-bond acceptors (Lipinski definition) is 5. The number of thioether (sulfide) groups is 1. The summed E-state index contributed by atoms with van der Waals surface area (Å²) >= 11 is 1.61. The maximum absolute atomic E-state index is 11.2. The Hall–Kier alpha value is -1.74. The number of carboxylic acids is 1. The van der Waals surface area contributed by atoms with Crippen molar-refractivity contribution in [3.05, 3.63) is 17.7 Å². The summed E-state index contributed by atoms with van der Waals surface area (Å²) in [6.45, 7) is 4.46. The third-order valence-corrected chi connectivity index (χ3v) is 3.14. The zero-order chi connectivity index (χ0) is 14.3. The first-order valence-corrected chi connectivity index (χ1v) is 7.07. The molecule has 1 aromatic rings. The lowest BCUT2D eigenvalue weighted by Crippen LogP contribution is -2.13. The summed E-state index contributed by atoms with van der Waals surface area (Å²) in [5.41, 5.74) is 0.457. The van der Waals surface area contributed by atoms with Crippen LogP contribution in [0.15, 0.2) is 6.20 Å². The van der Waals surface area contributed by atoms with Gasteiger partial charge in [-0.3, -0.25) is 0 Å². The van der Waals surface area contributed by atoms with Crippen LogP contribution in [0, 0.1) is 12.3 Å². The molecule has 0 saturated heterocycles. The Labute approximate surface area is 117 Å². The van der Waals surface area contributed by atoms with Gasteiger partial charge in [0, 0.05) is 18.2 Å². The molecule has 1 rings (SSSR count). The Balaban J connectivity index is 2.72. The van der Waals surface area contributed by atoms with Crippen LogP contribution >= 0.6 is 11.8 Å². The second kappa shape index (κ2) is 7.64. The van der Waals surface area contributed by atoms with E-state index in [1.54, 1.807) is 11.8 Å². The number of terminal acetylenes is 1. The summed E-state index contributed by atoms with van der Waals surface area (Å²) < 4.78 is 0. The summed E-state index contributed by atoms with van der Waals surface area (Å²) in [6, 6.07) is 0. The van der Waals surface area contributed by atoms with Crippen molar-refractivity contribution in [2.24, 2.45) is 0 Å². The number of rotatable bonds is 7. The van der Waals surface area contributed by atoms with E-state index in [9.17, 15) is 4.79 Å². The van der Waals surface area contributed by atoms with E-state index in [0.29, 0.717) is 23.8 Å². The molecule has 0 atom stereocenters. The average Bonchev–Trinajstić information content (AvgIpc) is 2.38. The number of carbonyl (C=O) groups is 1. The summed E-state index contributed by atoms with van der Waals surface area (Å²) in [4.78, 5) is 19.4. The number of aromatic nitrogens is 2. The van der Waals surface area contributed by atoms with E-state index in [-0.39, 0.29) is 11.6 Å². The molecule has 0 spiro atoms. The molecule has 0 aromatic carbocycles. The minimum atomic E-state index is -1.05. The Kier molecular flexibility index (Phi) is 6.16. The second-order valence-corrected chi connectivity index (χ2v) is 5.24. The maximum Gasteiger partial charge on any atom is 0.356 e. The first-order chi connectivity index (χ1) is 9.06. The van der Waals surface area contributed by atoms with Gasteiger partial charge in [-0.25, -0.2) is 14.8 Å². The lowest BCUT2D eigenvalue weighted by Gasteiger charge is -2.10. The Morgan fingerprint density at radius 3 is 2.95 bits per heavy atom. The molecule has 0 aliphatic carbocycles. The molecular weight excluding hydrogens is 262 g/mol. The predicted octanol–water partition coefficient (Wildman–Crippen LogP) is 2.08. The molecule has 1 heterocycles. The van der Waals surface area contributed by atoms with Gasteiger partial charge in [0.15, 0.2) is 5.69 Å². The van der Waals surface area contributed by atoms with Crippen molar-refractivity contribution < 1.29 is 9.90 Å². The van der Waals surface area contributed by atoms with E-state index < -0.39 is 5.97 Å². The van der Waals surface area contributed by atoms with Crippen molar-refractivity contribution in [1.82, 2.24) is 9.97 Å². The molecule has 0 aliphatic rings. The molecule has 0 radical (unpaired) electrons. The van der Waals surface area contributed by atoms with Crippen LogP contribution in [0.5, 0.6) is 0 Å². The van der Waals surface area contributed by atoms with E-state index in [2.05, 4.69) is 21.2 Å².